The Hall–Kier alpha value is -2.36. The molecule has 0 spiro atoms. The number of hydrogen-bond acceptors (Lipinski definition) is 8. The molecule has 1 aromatic carbocycles. The van der Waals surface area contributed by atoms with Crippen molar-refractivity contribution in [2.75, 3.05) is 11.4 Å². The van der Waals surface area contributed by atoms with E-state index >= 15 is 0 Å². The first-order valence-corrected chi connectivity index (χ1v) is 19.1. The zero-order chi connectivity index (χ0) is 32.8. The van der Waals surface area contributed by atoms with Crippen molar-refractivity contribution in [3.8, 4) is 5.88 Å². The number of ether oxygens (including phenoxy) is 3. The first-order chi connectivity index (χ1) is 21.0. The summed E-state index contributed by atoms with van der Waals surface area (Å²) < 4.78 is 34.0. The predicted octanol–water partition coefficient (Wildman–Crippen LogP) is 5.49. The van der Waals surface area contributed by atoms with Gasteiger partial charge in [-0.25, -0.2) is 0 Å². The van der Waals surface area contributed by atoms with Crippen LogP contribution in [-0.4, -0.2) is 114 Å². The van der Waals surface area contributed by atoms with Gasteiger partial charge in [-0.3, -0.25) is 0 Å². The predicted molar refractivity (Wildman–Crippen MR) is 168 cm³/mol. The van der Waals surface area contributed by atoms with E-state index < -0.39 is 41.4 Å². The first-order valence-electron chi connectivity index (χ1n) is 15.5. The van der Waals surface area contributed by atoms with Gasteiger partial charge >= 0.3 is 297 Å². The van der Waals surface area contributed by atoms with Crippen molar-refractivity contribution in [1.29, 1.82) is 0 Å². The molecule has 3 heterocycles. The Kier molecular flexibility index (Phi) is 9.85. The van der Waals surface area contributed by atoms with Gasteiger partial charge in [-0.1, -0.05) is 0 Å². The molecular weight excluding hydrogens is 707 g/mol. The average molecular weight is 749 g/mol. The van der Waals surface area contributed by atoms with Crippen LogP contribution in [0.15, 0.2) is 30.5 Å². The summed E-state index contributed by atoms with van der Waals surface area (Å²) in [6.45, 7) is 12.6. The second kappa shape index (κ2) is 13.0. The second-order valence-corrected chi connectivity index (χ2v) is 17.9. The van der Waals surface area contributed by atoms with E-state index in [1.807, 2.05) is 0 Å². The molecule has 240 valence electrons. The number of aliphatic hydroxyl groups excluding tert-OH is 1. The van der Waals surface area contributed by atoms with E-state index in [0.29, 0.717) is 17.6 Å². The fourth-order valence-corrected chi connectivity index (χ4v) is 8.26. The molecule has 1 N–H and O–H groups in total. The molecule has 0 radical (unpaired) electrons. The van der Waals surface area contributed by atoms with Crippen LogP contribution in [0.4, 0.5) is 25.5 Å². The Balaban J connectivity index is 1.61. The van der Waals surface area contributed by atoms with Crippen molar-refractivity contribution in [3.05, 3.63) is 47.4 Å². The van der Waals surface area contributed by atoms with Gasteiger partial charge in [-0.15, -0.1) is 0 Å². The van der Waals surface area contributed by atoms with Crippen LogP contribution >= 0.6 is 0 Å². The molecule has 2 aliphatic rings. The molecule has 3 unspecified atom stereocenters. The Morgan fingerprint density at radius 2 is 1.76 bits per heavy atom. The summed E-state index contributed by atoms with van der Waals surface area (Å²) in [6, 6.07) is 5.93. The van der Waals surface area contributed by atoms with Gasteiger partial charge in [0.2, 0.25) is 0 Å². The molecule has 45 heavy (non-hydrogen) atoms. The van der Waals surface area contributed by atoms with Gasteiger partial charge in [0, 0.05) is 0 Å². The van der Waals surface area contributed by atoms with Crippen LogP contribution in [0, 0.1) is 12.7 Å². The van der Waals surface area contributed by atoms with E-state index in [9.17, 15) is 19.1 Å². The van der Waals surface area contributed by atoms with E-state index in [1.165, 1.54) is 17.0 Å². The molecule has 1 aliphatic carbocycles. The normalized spacial score (nSPS) is 20.9. The minimum atomic E-state index is -0.837. The van der Waals surface area contributed by atoms with Crippen molar-refractivity contribution < 1.29 is 33.3 Å². The van der Waals surface area contributed by atoms with Crippen molar-refractivity contribution in [2.45, 2.75) is 104 Å². The van der Waals surface area contributed by atoms with Crippen molar-refractivity contribution in [3.63, 3.8) is 0 Å². The fourth-order valence-electron chi connectivity index (χ4n) is 5.65. The molecule has 11 nitrogen and oxygen atoms in total. The van der Waals surface area contributed by atoms with Crippen LogP contribution in [0.3, 0.4) is 0 Å². The molecule has 2 fully saturated rings. The van der Waals surface area contributed by atoms with E-state index in [2.05, 4.69) is 5.10 Å². The molecule has 5 rings (SSSR count). The molecule has 2 amide bonds. The number of likely N-dealkylation sites (tertiary alicyclic amines) is 1. The van der Waals surface area contributed by atoms with E-state index in [0.717, 1.165) is 24.8 Å². The van der Waals surface area contributed by atoms with Gasteiger partial charge in [0.1, 0.15) is 0 Å². The monoisotopic (exact) mass is 749 g/mol. The topological polar surface area (TPSA) is 119 Å². The second-order valence-electron chi connectivity index (χ2n) is 14.1. The summed E-state index contributed by atoms with van der Waals surface area (Å²) in [5.74, 6) is 0.219. The summed E-state index contributed by atoms with van der Waals surface area (Å²) in [5, 5.41) is 15.4. The standard InChI is InChI=1S/C32H41FN5O6.Ba.H/c1-19-11-21(33)13-22(12-19)37(30(41)44-32(5,6)7)27-15-26(35-28-25(16-34-38(27)28)20-9-8-10-20)42-24-14-23(39)17-36(18-24)29(40)43-31(2,3)4;;/h11-13,15-16,18,20,23-24,39H,8-10,14,17H2,1-7H3;;. The zero-order valence-corrected chi connectivity index (χ0v) is 33.6. The number of aryl methyl sites for hydroxylation is 1. The molecule has 3 atom stereocenters. The number of piperidine rings is 1. The van der Waals surface area contributed by atoms with Gasteiger partial charge < -0.3 is 0 Å². The molecule has 13 heteroatoms. The number of β-amino-alcohol motifs (C(OH)–C–C–N with tert-alkyl or cyclic N) is 1. The van der Waals surface area contributed by atoms with E-state index in [4.69, 9.17) is 19.2 Å². The molecule has 1 saturated carbocycles. The quantitative estimate of drug-likeness (QED) is 0.341. The van der Waals surface area contributed by atoms with Crippen LogP contribution in [-0.2, 0) is 9.47 Å². The van der Waals surface area contributed by atoms with E-state index in [-0.39, 0.29) is 76.9 Å². The SMILES string of the molecule is Cc1cc(F)cc(N(C(=O)OC(C)(C)C)c2cc(OC3CC(O)CN(C(=O)OC(C)(C)C)[CH]3[BaH])nc3c(C4CCC4)cnn23)c1. The number of hydrogen-bond donors (Lipinski definition) is 1. The number of halogens is 1. The maximum atomic E-state index is 14.8. The Bertz CT molecular complexity index is 1560. The number of aromatic nitrogens is 3. The molecular formula is C32H42BaFN5O6. The van der Waals surface area contributed by atoms with Crippen LogP contribution in [0.1, 0.15) is 84.3 Å². The fraction of sp³-hybridized carbons (Fsp3) is 0.562. The number of benzene rings is 1. The Labute approximate surface area is 295 Å². The first kappa shape index (κ1) is 34.0. The third-order valence-corrected chi connectivity index (χ3v) is 12.2. The number of amides is 2. The summed E-state index contributed by atoms with van der Waals surface area (Å²) in [7, 11) is 0. The van der Waals surface area contributed by atoms with Crippen LogP contribution < -0.4 is 9.64 Å². The summed E-state index contributed by atoms with van der Waals surface area (Å²) in [6.07, 6.45) is 2.57. The zero-order valence-electron chi connectivity index (χ0n) is 27.3. The molecule has 2 aromatic heterocycles. The Morgan fingerprint density at radius 1 is 1.07 bits per heavy atom. The number of carbonyl (C=O) groups is 2. The summed E-state index contributed by atoms with van der Waals surface area (Å²) >= 11 is -0.244. The summed E-state index contributed by atoms with van der Waals surface area (Å²) in [4.78, 5) is 34.6. The number of carbonyl (C=O) groups excluding carboxylic acids is 2. The average Bonchev–Trinajstić information content (AvgIpc) is 3.26. The minimum absolute atomic E-state index is 0.160. The number of anilines is 2. The number of nitrogens with zero attached hydrogens (tertiary/aromatic N) is 5. The van der Waals surface area contributed by atoms with Gasteiger partial charge in [0.05, 0.1) is 0 Å². The van der Waals surface area contributed by atoms with Gasteiger partial charge in [-0.05, 0) is 0 Å². The number of fused-ring (bicyclic) bond motifs is 1. The van der Waals surface area contributed by atoms with Gasteiger partial charge in [-0.2, -0.15) is 0 Å². The molecule has 3 aromatic rings. The van der Waals surface area contributed by atoms with Crippen LogP contribution in [0.5, 0.6) is 5.88 Å². The van der Waals surface area contributed by atoms with Crippen molar-refractivity contribution in [1.82, 2.24) is 19.5 Å². The van der Waals surface area contributed by atoms with Crippen molar-refractivity contribution in [2.24, 2.45) is 0 Å². The Morgan fingerprint density at radius 3 is 2.36 bits per heavy atom. The number of rotatable bonds is 5. The molecule has 1 aliphatic heterocycles. The molecule has 0 bridgehead atoms. The number of aliphatic hydroxyl groups is 1. The molecule has 1 saturated heterocycles. The van der Waals surface area contributed by atoms with Gasteiger partial charge in [0.15, 0.2) is 0 Å². The summed E-state index contributed by atoms with van der Waals surface area (Å²) in [5.41, 5.74) is 0.808. The van der Waals surface area contributed by atoms with Crippen LogP contribution in [0.25, 0.3) is 5.65 Å². The van der Waals surface area contributed by atoms with Gasteiger partial charge in [0.25, 0.3) is 0 Å². The third kappa shape index (κ3) is 7.96. The van der Waals surface area contributed by atoms with Crippen molar-refractivity contribution >= 4 is 75.9 Å². The van der Waals surface area contributed by atoms with Crippen LogP contribution in [0.2, 0.25) is 0 Å². The maximum absolute atomic E-state index is 14.8. The van der Waals surface area contributed by atoms with E-state index in [1.54, 1.807) is 76.2 Å². The third-order valence-electron chi connectivity index (χ3n) is 7.93.